The van der Waals surface area contributed by atoms with E-state index in [2.05, 4.69) is 4.98 Å². The van der Waals surface area contributed by atoms with E-state index in [9.17, 15) is 24.3 Å². The van der Waals surface area contributed by atoms with Crippen LogP contribution in [0, 0.1) is 29.6 Å². The summed E-state index contributed by atoms with van der Waals surface area (Å²) in [5.74, 6) is -2.11. The normalized spacial score (nSPS) is 34.7. The van der Waals surface area contributed by atoms with Crippen LogP contribution in [-0.2, 0) is 14.4 Å². The number of thiazole rings is 1. The summed E-state index contributed by atoms with van der Waals surface area (Å²) in [4.78, 5) is 55.3. The zero-order valence-electron chi connectivity index (χ0n) is 17.9. The quantitative estimate of drug-likeness (QED) is 0.638. The molecule has 2 N–H and O–H groups in total. The van der Waals surface area contributed by atoms with Crippen molar-refractivity contribution in [2.24, 2.45) is 29.6 Å². The van der Waals surface area contributed by atoms with Crippen LogP contribution in [-0.4, -0.2) is 51.2 Å². The number of aromatic nitrogens is 1. The number of imide groups is 1. The van der Waals surface area contributed by atoms with E-state index in [1.807, 2.05) is 24.3 Å². The number of nitrogens with zero attached hydrogens (tertiary/aromatic N) is 1. The Morgan fingerprint density at radius 1 is 1.15 bits per heavy atom. The fourth-order valence-electron chi connectivity index (χ4n) is 6.72. The Balaban J connectivity index is 1.44. The van der Waals surface area contributed by atoms with Gasteiger partial charge in [-0.1, -0.05) is 23.5 Å². The van der Waals surface area contributed by atoms with Crippen molar-refractivity contribution in [3.05, 3.63) is 44.4 Å². The molecular formula is C23H22N2O6S2. The Bertz CT molecular complexity index is 1240. The number of carboxylic acid groups (broad SMARTS) is 1. The number of amides is 2. The third-order valence-corrected chi connectivity index (χ3v) is 10.6. The van der Waals surface area contributed by atoms with Gasteiger partial charge in [0, 0.05) is 16.0 Å². The highest BCUT2D eigenvalue weighted by Crippen LogP contribution is 2.68. The lowest BCUT2D eigenvalue weighted by molar-refractivity contribution is -0.154. The highest BCUT2D eigenvalue weighted by molar-refractivity contribution is 8.00. The standard InChI is InChI=1S/C23H22N2O6S2/c1-8(22(28)29)25-20(26)15-11-7-12(16(15)21(25)27)17-14(11)13(9-3-5-10(31-2)6-4-9)18-19(32-17)24-23(30)33-18/h3-6,8,11-17H,7H2,1-2H3,(H,24,30)(H,28,29)/t8-,11-,12+,13+,14-,15+,16+,17-/m1/s1. The number of nitrogens with one attached hydrogen (secondary N) is 1. The molecule has 33 heavy (non-hydrogen) atoms. The molecule has 8 atom stereocenters. The van der Waals surface area contributed by atoms with E-state index in [0.717, 1.165) is 32.5 Å². The van der Waals surface area contributed by atoms with Crippen molar-refractivity contribution in [1.82, 2.24) is 9.88 Å². The molecule has 4 aliphatic rings. The first-order chi connectivity index (χ1) is 15.8. The number of benzene rings is 1. The first kappa shape index (κ1) is 21.0. The molecule has 1 aromatic carbocycles. The molecule has 1 saturated heterocycles. The zero-order valence-corrected chi connectivity index (χ0v) is 19.5. The molecule has 0 unspecified atom stereocenters. The summed E-state index contributed by atoms with van der Waals surface area (Å²) in [7, 11) is 1.61. The van der Waals surface area contributed by atoms with E-state index in [1.165, 1.54) is 18.3 Å². The third-order valence-electron chi connectivity index (χ3n) is 7.98. The number of hydrogen-bond donors (Lipinski definition) is 2. The lowest BCUT2D eigenvalue weighted by atomic mass is 9.68. The van der Waals surface area contributed by atoms with Gasteiger partial charge in [-0.25, -0.2) is 4.79 Å². The number of methoxy groups -OCH3 is 1. The average Bonchev–Trinajstić information content (AvgIpc) is 3.52. The Labute approximate surface area is 197 Å². The lowest BCUT2D eigenvalue weighted by Gasteiger charge is -2.43. The number of carboxylic acids is 1. The number of rotatable bonds is 4. The predicted molar refractivity (Wildman–Crippen MR) is 120 cm³/mol. The van der Waals surface area contributed by atoms with E-state index in [0.29, 0.717) is 0 Å². The van der Waals surface area contributed by atoms with Gasteiger partial charge < -0.3 is 14.8 Å². The molecule has 8 nitrogen and oxygen atoms in total. The monoisotopic (exact) mass is 486 g/mol. The van der Waals surface area contributed by atoms with Crippen LogP contribution in [0.2, 0.25) is 0 Å². The largest absolute Gasteiger partial charge is 0.497 e. The minimum Gasteiger partial charge on any atom is -0.497 e. The van der Waals surface area contributed by atoms with E-state index in [4.69, 9.17) is 4.74 Å². The summed E-state index contributed by atoms with van der Waals surface area (Å²) < 4.78 is 5.31. The van der Waals surface area contributed by atoms with Gasteiger partial charge in [0.15, 0.2) is 0 Å². The number of carbonyl (C=O) groups is 3. The molecule has 2 aliphatic carbocycles. The molecule has 3 fully saturated rings. The second kappa shape index (κ2) is 7.20. The molecule has 10 heteroatoms. The van der Waals surface area contributed by atoms with E-state index in [1.54, 1.807) is 18.9 Å². The molecule has 0 radical (unpaired) electrons. The molecule has 172 valence electrons. The first-order valence-corrected chi connectivity index (χ1v) is 12.6. The van der Waals surface area contributed by atoms with Gasteiger partial charge in [-0.2, -0.15) is 0 Å². The van der Waals surface area contributed by atoms with Gasteiger partial charge >= 0.3 is 10.8 Å². The highest BCUT2D eigenvalue weighted by atomic mass is 32.2. The van der Waals surface area contributed by atoms with Crippen LogP contribution in [0.3, 0.4) is 0 Å². The minimum absolute atomic E-state index is 0.0188. The van der Waals surface area contributed by atoms with Crippen LogP contribution in [0.25, 0.3) is 0 Å². The molecule has 2 amide bonds. The van der Waals surface area contributed by atoms with Crippen LogP contribution < -0.4 is 9.61 Å². The fourth-order valence-corrected chi connectivity index (χ4v) is 9.61. The predicted octanol–water partition coefficient (Wildman–Crippen LogP) is 2.39. The van der Waals surface area contributed by atoms with Gasteiger partial charge in [0.2, 0.25) is 11.8 Å². The van der Waals surface area contributed by atoms with Crippen LogP contribution in [0.4, 0.5) is 0 Å². The van der Waals surface area contributed by atoms with Crippen LogP contribution in [0.5, 0.6) is 5.75 Å². The van der Waals surface area contributed by atoms with Crippen molar-refractivity contribution in [3.63, 3.8) is 0 Å². The maximum absolute atomic E-state index is 13.3. The SMILES string of the molecule is COc1ccc([C@@H]2c3sc(=O)[nH]c3S[C@@H]3[C@H]4C[C@@H]([C@@H]5C(=O)N([C@H](C)C(=O)O)C(=O)[C@@H]45)[C@H]23)cc1. The van der Waals surface area contributed by atoms with Crippen LogP contribution >= 0.6 is 23.1 Å². The number of aliphatic carboxylic acids is 1. The van der Waals surface area contributed by atoms with Gasteiger partial charge in [-0.3, -0.25) is 19.3 Å². The summed E-state index contributed by atoms with van der Waals surface area (Å²) >= 11 is 2.83. The maximum Gasteiger partial charge on any atom is 0.326 e. The van der Waals surface area contributed by atoms with Gasteiger partial charge in [0.1, 0.15) is 11.8 Å². The lowest BCUT2D eigenvalue weighted by Crippen LogP contribution is -2.44. The van der Waals surface area contributed by atoms with Crippen molar-refractivity contribution in [3.8, 4) is 5.75 Å². The number of likely N-dealkylation sites (tertiary alicyclic amines) is 1. The first-order valence-electron chi connectivity index (χ1n) is 10.9. The number of fused-ring (bicyclic) bond motifs is 9. The summed E-state index contributed by atoms with van der Waals surface area (Å²) in [6.45, 7) is 1.39. The molecule has 3 heterocycles. The minimum atomic E-state index is -1.17. The second-order valence-corrected chi connectivity index (χ2v) is 11.5. The van der Waals surface area contributed by atoms with Gasteiger partial charge in [-0.15, -0.1) is 11.8 Å². The van der Waals surface area contributed by atoms with E-state index < -0.39 is 23.8 Å². The number of carbonyl (C=O) groups excluding carboxylic acids is 2. The van der Waals surface area contributed by atoms with Crippen LogP contribution in [0.1, 0.15) is 29.7 Å². The van der Waals surface area contributed by atoms with Crippen molar-refractivity contribution < 1.29 is 24.2 Å². The maximum atomic E-state index is 13.3. The Morgan fingerprint density at radius 3 is 2.45 bits per heavy atom. The van der Waals surface area contributed by atoms with Crippen molar-refractivity contribution in [1.29, 1.82) is 0 Å². The van der Waals surface area contributed by atoms with E-state index >= 15 is 0 Å². The topological polar surface area (TPSA) is 117 Å². The number of H-pyrrole nitrogens is 1. The van der Waals surface area contributed by atoms with Crippen molar-refractivity contribution in [2.45, 2.75) is 35.6 Å². The molecule has 0 spiro atoms. The van der Waals surface area contributed by atoms with Crippen molar-refractivity contribution in [2.75, 3.05) is 7.11 Å². The zero-order chi connectivity index (χ0) is 23.2. The highest BCUT2D eigenvalue weighted by Gasteiger charge is 2.70. The van der Waals surface area contributed by atoms with Gasteiger partial charge in [0.25, 0.3) is 0 Å². The molecule has 2 aromatic rings. The number of hydrogen-bond acceptors (Lipinski definition) is 7. The number of aromatic amines is 1. The summed E-state index contributed by atoms with van der Waals surface area (Å²) in [6, 6.07) is 6.65. The van der Waals surface area contributed by atoms with E-state index in [-0.39, 0.29) is 45.6 Å². The second-order valence-electron chi connectivity index (χ2n) is 9.29. The average molecular weight is 487 g/mol. The summed E-state index contributed by atoms with van der Waals surface area (Å²) in [5, 5.41) is 10.4. The molecule has 2 saturated carbocycles. The Hall–Kier alpha value is -2.59. The Kier molecular flexibility index (Phi) is 4.58. The molecule has 1 aromatic heterocycles. The summed E-state index contributed by atoms with van der Waals surface area (Å²) in [5.41, 5.74) is 1.05. The molecule has 2 bridgehead atoms. The number of ether oxygens (including phenoxy) is 1. The summed E-state index contributed by atoms with van der Waals surface area (Å²) in [6.07, 6.45) is 0.774. The van der Waals surface area contributed by atoms with Crippen molar-refractivity contribution >= 4 is 40.9 Å². The fraction of sp³-hybridized carbons (Fsp3) is 0.478. The van der Waals surface area contributed by atoms with Gasteiger partial charge in [-0.05, 0) is 48.8 Å². The third kappa shape index (κ3) is 2.76. The Morgan fingerprint density at radius 2 is 1.82 bits per heavy atom. The smallest absolute Gasteiger partial charge is 0.326 e. The van der Waals surface area contributed by atoms with Crippen LogP contribution in [0.15, 0.2) is 34.1 Å². The molecule has 6 rings (SSSR count). The van der Waals surface area contributed by atoms with Gasteiger partial charge in [0.05, 0.1) is 24.0 Å². The number of thioether (sulfide) groups is 1. The molecular weight excluding hydrogens is 464 g/mol. The molecule has 2 aliphatic heterocycles.